The lowest BCUT2D eigenvalue weighted by molar-refractivity contribution is -0.119. The molecule has 0 aliphatic rings. The first-order valence-corrected chi connectivity index (χ1v) is 6.74. The zero-order valence-corrected chi connectivity index (χ0v) is 12.3. The summed E-state index contributed by atoms with van der Waals surface area (Å²) in [5.74, 6) is 0.535. The molecule has 114 valence electrons. The minimum absolute atomic E-state index is 0.102. The summed E-state index contributed by atoms with van der Waals surface area (Å²) in [7, 11) is 3.63. The number of nitrogens with zero attached hydrogens (tertiary/aromatic N) is 6. The summed E-state index contributed by atoms with van der Waals surface area (Å²) in [5.41, 5.74) is 2.23. The number of hydrogen-bond acceptors (Lipinski definition) is 6. The van der Waals surface area contributed by atoms with Crippen LogP contribution in [0.15, 0.2) is 24.9 Å². The summed E-state index contributed by atoms with van der Waals surface area (Å²) >= 11 is 0. The van der Waals surface area contributed by atoms with Crippen LogP contribution < -0.4 is 10.2 Å². The van der Waals surface area contributed by atoms with Crippen LogP contribution >= 0.6 is 0 Å². The van der Waals surface area contributed by atoms with Gasteiger partial charge >= 0.3 is 0 Å². The van der Waals surface area contributed by atoms with E-state index in [-0.39, 0.29) is 12.5 Å². The van der Waals surface area contributed by atoms with Gasteiger partial charge in [-0.25, -0.2) is 15.0 Å². The molecule has 0 saturated carbocycles. The molecule has 22 heavy (non-hydrogen) atoms. The lowest BCUT2D eigenvalue weighted by atomic mass is 10.4. The number of carbonyl (C=O) groups excluding carboxylic acids is 1. The first-order valence-electron chi connectivity index (χ1n) is 6.74. The Labute approximate surface area is 126 Å². The predicted octanol–water partition coefficient (Wildman–Crippen LogP) is -0.161. The first-order chi connectivity index (χ1) is 10.6. The third-order valence-electron chi connectivity index (χ3n) is 3.33. The molecule has 0 atom stereocenters. The Morgan fingerprint density at radius 3 is 3.05 bits per heavy atom. The van der Waals surface area contributed by atoms with Gasteiger partial charge in [0.2, 0.25) is 5.91 Å². The van der Waals surface area contributed by atoms with Gasteiger partial charge in [-0.1, -0.05) is 0 Å². The van der Waals surface area contributed by atoms with Gasteiger partial charge in [-0.3, -0.25) is 9.48 Å². The summed E-state index contributed by atoms with van der Waals surface area (Å²) in [4.78, 5) is 29.1. The van der Waals surface area contributed by atoms with Crippen LogP contribution in [-0.2, 0) is 18.4 Å². The Kier molecular flexibility index (Phi) is 3.69. The highest BCUT2D eigenvalue weighted by Crippen LogP contribution is 2.17. The third-order valence-corrected chi connectivity index (χ3v) is 3.33. The second-order valence-electron chi connectivity index (χ2n) is 4.88. The van der Waals surface area contributed by atoms with Crippen molar-refractivity contribution >= 4 is 22.9 Å². The molecule has 3 aromatic heterocycles. The normalized spacial score (nSPS) is 10.8. The highest BCUT2D eigenvalue weighted by atomic mass is 16.2. The summed E-state index contributed by atoms with van der Waals surface area (Å²) in [6.07, 6.45) is 4.69. The van der Waals surface area contributed by atoms with Crippen molar-refractivity contribution in [3.05, 3.63) is 30.6 Å². The highest BCUT2D eigenvalue weighted by molar-refractivity contribution is 5.86. The molecule has 3 rings (SSSR count). The van der Waals surface area contributed by atoms with Crippen molar-refractivity contribution in [2.24, 2.45) is 7.05 Å². The van der Waals surface area contributed by atoms with Gasteiger partial charge in [0, 0.05) is 20.3 Å². The minimum atomic E-state index is -0.102. The lowest BCUT2D eigenvalue weighted by Crippen LogP contribution is -2.35. The van der Waals surface area contributed by atoms with Crippen molar-refractivity contribution in [2.45, 2.75) is 6.54 Å². The molecule has 0 aliphatic heterocycles. The van der Waals surface area contributed by atoms with Crippen molar-refractivity contribution in [1.82, 2.24) is 35.0 Å². The topological polar surface area (TPSA) is 105 Å². The maximum atomic E-state index is 12.1. The number of aromatic nitrogens is 6. The number of aromatic amines is 1. The van der Waals surface area contributed by atoms with Gasteiger partial charge < -0.3 is 15.2 Å². The van der Waals surface area contributed by atoms with Gasteiger partial charge in [-0.15, -0.1) is 0 Å². The largest absolute Gasteiger partial charge is 0.349 e. The Bertz CT molecular complexity index is 792. The van der Waals surface area contributed by atoms with Crippen LogP contribution in [0.1, 0.15) is 5.69 Å². The number of likely N-dealkylation sites (N-methyl/N-ethyl adjacent to an activating group) is 1. The van der Waals surface area contributed by atoms with Crippen LogP contribution in [0, 0.1) is 0 Å². The van der Waals surface area contributed by atoms with E-state index in [1.807, 2.05) is 13.1 Å². The molecule has 9 nitrogen and oxygen atoms in total. The van der Waals surface area contributed by atoms with Gasteiger partial charge in [0.25, 0.3) is 0 Å². The molecule has 1 amide bonds. The number of imidazole rings is 1. The molecule has 3 aromatic rings. The lowest BCUT2D eigenvalue weighted by Gasteiger charge is -2.17. The van der Waals surface area contributed by atoms with Crippen LogP contribution in [0.2, 0.25) is 0 Å². The number of nitrogens with one attached hydrogen (secondary N) is 2. The van der Waals surface area contributed by atoms with Gasteiger partial charge in [0.15, 0.2) is 11.5 Å². The van der Waals surface area contributed by atoms with E-state index in [2.05, 4.69) is 30.4 Å². The fourth-order valence-corrected chi connectivity index (χ4v) is 2.15. The molecule has 0 aliphatic carbocycles. The number of fused-ring (bicyclic) bond motifs is 1. The molecule has 0 unspecified atom stereocenters. The van der Waals surface area contributed by atoms with Crippen LogP contribution in [0.4, 0.5) is 5.82 Å². The Morgan fingerprint density at radius 1 is 1.41 bits per heavy atom. The quantitative estimate of drug-likeness (QED) is 0.678. The number of amides is 1. The van der Waals surface area contributed by atoms with Crippen LogP contribution in [0.5, 0.6) is 0 Å². The maximum Gasteiger partial charge on any atom is 0.239 e. The summed E-state index contributed by atoms with van der Waals surface area (Å²) in [6, 6.07) is 1.86. The zero-order valence-electron chi connectivity index (χ0n) is 12.3. The van der Waals surface area contributed by atoms with E-state index in [1.165, 1.54) is 6.33 Å². The van der Waals surface area contributed by atoms with E-state index in [0.717, 1.165) is 5.69 Å². The molecule has 0 spiro atoms. The van der Waals surface area contributed by atoms with Crippen LogP contribution in [0.3, 0.4) is 0 Å². The number of H-pyrrole nitrogens is 1. The first kappa shape index (κ1) is 14.0. The number of hydrogen-bond donors (Lipinski definition) is 2. The van der Waals surface area contributed by atoms with Gasteiger partial charge in [-0.05, 0) is 6.07 Å². The minimum Gasteiger partial charge on any atom is -0.349 e. The van der Waals surface area contributed by atoms with E-state index in [9.17, 15) is 4.79 Å². The van der Waals surface area contributed by atoms with Gasteiger partial charge in [-0.2, -0.15) is 5.10 Å². The van der Waals surface area contributed by atoms with E-state index >= 15 is 0 Å². The molecule has 0 aromatic carbocycles. The fourth-order valence-electron chi connectivity index (χ4n) is 2.15. The molecule has 0 radical (unpaired) electrons. The molecule has 9 heteroatoms. The molecular weight excluding hydrogens is 284 g/mol. The average molecular weight is 300 g/mol. The van der Waals surface area contributed by atoms with Crippen molar-refractivity contribution in [3.63, 3.8) is 0 Å². The fraction of sp³-hybridized carbons (Fsp3) is 0.308. The molecule has 0 bridgehead atoms. The van der Waals surface area contributed by atoms with E-state index < -0.39 is 0 Å². The van der Waals surface area contributed by atoms with E-state index in [4.69, 9.17) is 0 Å². The number of anilines is 1. The standard InChI is InChI=1S/C13H16N8O/c1-20(13-11-12(16-7-15-11)17-8-18-13)6-10(22)14-5-9-3-4-19-21(9)2/h3-4,7-8H,5-6H2,1-2H3,(H,14,22)(H,15,16,17,18). The summed E-state index contributed by atoms with van der Waals surface area (Å²) in [6.45, 7) is 0.620. The number of carbonyl (C=O) groups is 1. The molecule has 3 heterocycles. The third kappa shape index (κ3) is 2.73. The van der Waals surface area contributed by atoms with Crippen LogP contribution in [-0.4, -0.2) is 49.2 Å². The Hall–Kier alpha value is -2.97. The summed E-state index contributed by atoms with van der Waals surface area (Å²) in [5, 5.41) is 6.92. The average Bonchev–Trinajstić information content (AvgIpc) is 3.13. The van der Waals surface area contributed by atoms with Gasteiger partial charge in [0.1, 0.15) is 11.8 Å². The van der Waals surface area contributed by atoms with Crippen LogP contribution in [0.25, 0.3) is 11.2 Å². The van der Waals surface area contributed by atoms with Crippen molar-refractivity contribution in [3.8, 4) is 0 Å². The van der Waals surface area contributed by atoms with E-state index in [0.29, 0.717) is 23.5 Å². The molecule has 0 fully saturated rings. The SMILES string of the molecule is CN(CC(=O)NCc1ccnn1C)c1ncnc2nc[nH]c12. The monoisotopic (exact) mass is 300 g/mol. The van der Waals surface area contributed by atoms with Crippen molar-refractivity contribution in [2.75, 3.05) is 18.5 Å². The Morgan fingerprint density at radius 2 is 2.27 bits per heavy atom. The number of aryl methyl sites for hydroxylation is 1. The zero-order chi connectivity index (χ0) is 15.5. The molecule has 2 N–H and O–H groups in total. The van der Waals surface area contributed by atoms with Crippen molar-refractivity contribution in [1.29, 1.82) is 0 Å². The highest BCUT2D eigenvalue weighted by Gasteiger charge is 2.13. The van der Waals surface area contributed by atoms with E-state index in [1.54, 1.807) is 29.2 Å². The smallest absolute Gasteiger partial charge is 0.239 e. The number of rotatable bonds is 5. The summed E-state index contributed by atoms with van der Waals surface area (Å²) < 4.78 is 1.72. The second-order valence-corrected chi connectivity index (χ2v) is 4.88. The molecule has 0 saturated heterocycles. The molecular formula is C13H16N8O. The maximum absolute atomic E-state index is 12.1. The van der Waals surface area contributed by atoms with Gasteiger partial charge in [0.05, 0.1) is 25.1 Å². The Balaban J connectivity index is 1.64. The van der Waals surface area contributed by atoms with Crippen molar-refractivity contribution < 1.29 is 4.79 Å². The second kappa shape index (κ2) is 5.80. The predicted molar refractivity (Wildman–Crippen MR) is 80.0 cm³/mol.